The molecule has 1 heterocycles. The van der Waals surface area contributed by atoms with Crippen LogP contribution in [0.5, 0.6) is 5.75 Å². The molecule has 1 aromatic heterocycles. The van der Waals surface area contributed by atoms with Gasteiger partial charge in [-0.1, -0.05) is 13.3 Å². The Hall–Kier alpha value is -3.22. The number of phenolic OH excluding ortho intramolecular Hbond substituents is 1. The Morgan fingerprint density at radius 2 is 1.83 bits per heavy atom. The molecule has 29 heavy (non-hydrogen) atoms. The van der Waals surface area contributed by atoms with Gasteiger partial charge in [-0.15, -0.1) is 0 Å². The van der Waals surface area contributed by atoms with E-state index >= 15 is 0 Å². The average Bonchev–Trinajstić information content (AvgIpc) is 2.93. The number of carbonyl (C=O) groups excluding carboxylic acids is 2. The molecule has 2 N–H and O–H groups in total. The molecule has 0 saturated heterocycles. The SMILES string of the molecule is CCCCNC(=O)Cc1c(C)n(C(=O)c2ccc(F)cc2)c2cc(F)c(O)cc12. The van der Waals surface area contributed by atoms with E-state index in [9.17, 15) is 23.5 Å². The van der Waals surface area contributed by atoms with Gasteiger partial charge in [-0.05, 0) is 49.2 Å². The van der Waals surface area contributed by atoms with Gasteiger partial charge in [0.2, 0.25) is 5.91 Å². The van der Waals surface area contributed by atoms with Crippen LogP contribution < -0.4 is 5.32 Å². The Labute approximate surface area is 167 Å². The second-order valence-corrected chi connectivity index (χ2v) is 6.91. The van der Waals surface area contributed by atoms with E-state index in [4.69, 9.17) is 0 Å². The molecule has 1 amide bonds. The third kappa shape index (κ3) is 4.13. The summed E-state index contributed by atoms with van der Waals surface area (Å²) in [5.41, 5.74) is 1.45. The molecule has 3 rings (SSSR count). The van der Waals surface area contributed by atoms with Crippen LogP contribution in [0.1, 0.15) is 41.4 Å². The summed E-state index contributed by atoms with van der Waals surface area (Å²) >= 11 is 0. The van der Waals surface area contributed by atoms with Gasteiger partial charge in [0.1, 0.15) is 5.82 Å². The number of carbonyl (C=O) groups is 2. The van der Waals surface area contributed by atoms with E-state index in [2.05, 4.69) is 5.32 Å². The van der Waals surface area contributed by atoms with Crippen LogP contribution in [0.3, 0.4) is 0 Å². The van der Waals surface area contributed by atoms with Gasteiger partial charge in [-0.3, -0.25) is 14.2 Å². The number of hydrogen-bond acceptors (Lipinski definition) is 3. The van der Waals surface area contributed by atoms with Crippen molar-refractivity contribution in [2.45, 2.75) is 33.1 Å². The van der Waals surface area contributed by atoms with Gasteiger partial charge in [0, 0.05) is 29.3 Å². The molecule has 0 aliphatic carbocycles. The highest BCUT2D eigenvalue weighted by atomic mass is 19.1. The van der Waals surface area contributed by atoms with Crippen LogP contribution in [0.2, 0.25) is 0 Å². The fraction of sp³-hybridized carbons (Fsp3) is 0.273. The summed E-state index contributed by atoms with van der Waals surface area (Å²) in [7, 11) is 0. The van der Waals surface area contributed by atoms with E-state index in [1.807, 2.05) is 6.92 Å². The van der Waals surface area contributed by atoms with Crippen LogP contribution in [-0.2, 0) is 11.2 Å². The lowest BCUT2D eigenvalue weighted by Gasteiger charge is -2.08. The molecule has 0 bridgehead atoms. The minimum absolute atomic E-state index is 0.0131. The summed E-state index contributed by atoms with van der Waals surface area (Å²) in [6, 6.07) is 7.32. The van der Waals surface area contributed by atoms with Crippen molar-refractivity contribution in [1.29, 1.82) is 0 Å². The fourth-order valence-corrected chi connectivity index (χ4v) is 3.32. The molecule has 0 aliphatic heterocycles. The summed E-state index contributed by atoms with van der Waals surface area (Å²) < 4.78 is 28.6. The van der Waals surface area contributed by atoms with Crippen molar-refractivity contribution in [3.05, 3.63) is 64.9 Å². The summed E-state index contributed by atoms with van der Waals surface area (Å²) in [5.74, 6) is -2.61. The summed E-state index contributed by atoms with van der Waals surface area (Å²) in [6.45, 7) is 4.22. The van der Waals surface area contributed by atoms with Crippen LogP contribution in [0.25, 0.3) is 10.9 Å². The van der Waals surface area contributed by atoms with Crippen molar-refractivity contribution in [2.24, 2.45) is 0 Å². The molecular formula is C22H22F2N2O3. The van der Waals surface area contributed by atoms with Gasteiger partial charge in [0.25, 0.3) is 5.91 Å². The first kappa shape index (κ1) is 20.5. The van der Waals surface area contributed by atoms with Gasteiger partial charge in [-0.2, -0.15) is 0 Å². The van der Waals surface area contributed by atoms with Gasteiger partial charge < -0.3 is 10.4 Å². The Bertz CT molecular complexity index is 1070. The van der Waals surface area contributed by atoms with Crippen molar-refractivity contribution >= 4 is 22.7 Å². The van der Waals surface area contributed by atoms with Crippen molar-refractivity contribution < 1.29 is 23.5 Å². The van der Waals surface area contributed by atoms with E-state index in [0.717, 1.165) is 18.9 Å². The molecule has 0 spiro atoms. The summed E-state index contributed by atoms with van der Waals surface area (Å²) in [6.07, 6.45) is 1.78. The smallest absolute Gasteiger partial charge is 0.262 e. The highest BCUT2D eigenvalue weighted by molar-refractivity contribution is 6.05. The molecule has 0 radical (unpaired) electrons. The van der Waals surface area contributed by atoms with Gasteiger partial charge >= 0.3 is 0 Å². The Kier molecular flexibility index (Phi) is 5.96. The molecule has 5 nitrogen and oxygen atoms in total. The van der Waals surface area contributed by atoms with Gasteiger partial charge in [-0.25, -0.2) is 8.78 Å². The molecule has 7 heteroatoms. The Morgan fingerprint density at radius 1 is 1.14 bits per heavy atom. The van der Waals surface area contributed by atoms with E-state index in [1.165, 1.54) is 34.9 Å². The molecule has 0 unspecified atom stereocenters. The highest BCUT2D eigenvalue weighted by Crippen LogP contribution is 2.32. The fourth-order valence-electron chi connectivity index (χ4n) is 3.32. The number of fused-ring (bicyclic) bond motifs is 1. The third-order valence-corrected chi connectivity index (χ3v) is 4.89. The number of hydrogen-bond donors (Lipinski definition) is 2. The van der Waals surface area contributed by atoms with E-state index in [1.54, 1.807) is 6.92 Å². The molecular weight excluding hydrogens is 378 g/mol. The molecule has 0 atom stereocenters. The molecule has 0 saturated carbocycles. The van der Waals surface area contributed by atoms with Crippen LogP contribution in [0, 0.1) is 18.6 Å². The normalized spacial score (nSPS) is 11.0. The van der Waals surface area contributed by atoms with Crippen molar-refractivity contribution in [1.82, 2.24) is 9.88 Å². The predicted molar refractivity (Wildman–Crippen MR) is 106 cm³/mol. The second kappa shape index (κ2) is 8.43. The van der Waals surface area contributed by atoms with Gasteiger partial charge in [0.15, 0.2) is 11.6 Å². The molecule has 0 fully saturated rings. The lowest BCUT2D eigenvalue weighted by Crippen LogP contribution is -2.26. The number of phenols is 1. The molecule has 0 aliphatic rings. The first-order valence-corrected chi connectivity index (χ1v) is 9.42. The number of amides is 1. The molecule has 152 valence electrons. The lowest BCUT2D eigenvalue weighted by atomic mass is 10.1. The van der Waals surface area contributed by atoms with Crippen LogP contribution in [-0.4, -0.2) is 28.0 Å². The Balaban J connectivity index is 2.09. The monoisotopic (exact) mass is 400 g/mol. The first-order chi connectivity index (χ1) is 13.8. The number of aromatic hydroxyl groups is 1. The largest absolute Gasteiger partial charge is 0.505 e. The standard InChI is InChI=1S/C22H22F2N2O3/c1-3-4-9-25-21(28)11-16-13(2)26(19-12-18(24)20(27)10-17(16)19)22(29)14-5-7-15(23)8-6-14/h5-8,10,12,27H,3-4,9,11H2,1-2H3,(H,25,28). The number of aromatic nitrogens is 1. The summed E-state index contributed by atoms with van der Waals surface area (Å²) in [4.78, 5) is 25.4. The lowest BCUT2D eigenvalue weighted by molar-refractivity contribution is -0.120. The highest BCUT2D eigenvalue weighted by Gasteiger charge is 2.23. The van der Waals surface area contributed by atoms with Crippen LogP contribution in [0.4, 0.5) is 8.78 Å². The maximum Gasteiger partial charge on any atom is 0.262 e. The first-order valence-electron chi connectivity index (χ1n) is 9.42. The number of nitrogens with one attached hydrogen (secondary N) is 1. The van der Waals surface area contributed by atoms with Crippen molar-refractivity contribution in [2.75, 3.05) is 6.54 Å². The third-order valence-electron chi connectivity index (χ3n) is 4.89. The van der Waals surface area contributed by atoms with E-state index < -0.39 is 23.3 Å². The summed E-state index contributed by atoms with van der Waals surface area (Å²) in [5, 5.41) is 13.1. The number of rotatable bonds is 6. The number of benzene rings is 2. The van der Waals surface area contributed by atoms with E-state index in [0.29, 0.717) is 23.2 Å². The predicted octanol–water partition coefficient (Wildman–Crippen LogP) is 4.08. The number of unbranched alkanes of at least 4 members (excludes halogenated alkanes) is 1. The van der Waals surface area contributed by atoms with Gasteiger partial charge in [0.05, 0.1) is 11.9 Å². The minimum Gasteiger partial charge on any atom is -0.505 e. The average molecular weight is 400 g/mol. The van der Waals surface area contributed by atoms with Crippen LogP contribution in [0.15, 0.2) is 36.4 Å². The molecule has 2 aromatic carbocycles. The van der Waals surface area contributed by atoms with E-state index in [-0.39, 0.29) is 23.4 Å². The van der Waals surface area contributed by atoms with Crippen molar-refractivity contribution in [3.63, 3.8) is 0 Å². The zero-order valence-electron chi connectivity index (χ0n) is 16.3. The zero-order chi connectivity index (χ0) is 21.1. The van der Waals surface area contributed by atoms with Crippen molar-refractivity contribution in [3.8, 4) is 5.75 Å². The Morgan fingerprint density at radius 3 is 2.48 bits per heavy atom. The minimum atomic E-state index is -0.873. The zero-order valence-corrected chi connectivity index (χ0v) is 16.3. The molecule has 3 aromatic rings. The topological polar surface area (TPSA) is 71.3 Å². The second-order valence-electron chi connectivity index (χ2n) is 6.91. The maximum absolute atomic E-state index is 14.1. The quantitative estimate of drug-likeness (QED) is 0.613. The maximum atomic E-state index is 14.1. The number of nitrogens with zero attached hydrogens (tertiary/aromatic N) is 1. The van der Waals surface area contributed by atoms with Crippen LogP contribution >= 0.6 is 0 Å². The number of halogens is 2.